The molecule has 204 valence electrons. The number of rotatable bonds is 7. The van der Waals surface area contributed by atoms with E-state index in [1.54, 1.807) is 0 Å². The normalized spacial score (nSPS) is 18.1. The summed E-state index contributed by atoms with van der Waals surface area (Å²) in [5.41, 5.74) is -3.23. The smallest absolute Gasteiger partial charge is 0.429 e. The Bertz CT molecular complexity index is 1260. The second-order valence-corrected chi connectivity index (χ2v) is 10.0. The van der Waals surface area contributed by atoms with Gasteiger partial charge in [0.15, 0.2) is 0 Å². The van der Waals surface area contributed by atoms with Crippen LogP contribution in [0.1, 0.15) is 55.7 Å². The van der Waals surface area contributed by atoms with Crippen LogP contribution in [0.5, 0.6) is 5.75 Å². The molecule has 0 amide bonds. The number of benzene rings is 3. The molecular formula is C29H26F8O. The summed E-state index contributed by atoms with van der Waals surface area (Å²) in [5.74, 6) is -8.18. The van der Waals surface area contributed by atoms with E-state index < -0.39 is 63.5 Å². The molecule has 3 aromatic carbocycles. The van der Waals surface area contributed by atoms with Crippen molar-refractivity contribution in [1.29, 1.82) is 0 Å². The predicted octanol–water partition coefficient (Wildman–Crippen LogP) is 9.38. The topological polar surface area (TPSA) is 9.23 Å². The van der Waals surface area contributed by atoms with E-state index >= 15 is 0 Å². The standard InChI is InChI=1S/C29H26F8O/c1-15-3-5-17(6-4-15)7-8-18-9-25(34)28(26(35)10-18)29(36,37)38-20-13-23(32)27(24(33)14-20)19-11-21(30)16(2)22(31)12-19/h9-15,17H,3-8H2,1-2H3. The van der Waals surface area contributed by atoms with Crippen molar-refractivity contribution >= 4 is 0 Å². The van der Waals surface area contributed by atoms with Crippen LogP contribution in [-0.4, -0.2) is 0 Å². The Labute approximate surface area is 215 Å². The molecule has 0 radical (unpaired) electrons. The van der Waals surface area contributed by atoms with Gasteiger partial charge in [-0.15, -0.1) is 0 Å². The zero-order valence-corrected chi connectivity index (χ0v) is 20.8. The van der Waals surface area contributed by atoms with Gasteiger partial charge in [0.2, 0.25) is 0 Å². The third-order valence-corrected chi connectivity index (χ3v) is 7.20. The fourth-order valence-electron chi connectivity index (χ4n) is 4.91. The minimum atomic E-state index is -4.62. The zero-order chi connectivity index (χ0) is 27.8. The van der Waals surface area contributed by atoms with E-state index in [4.69, 9.17) is 0 Å². The van der Waals surface area contributed by atoms with Gasteiger partial charge in [0, 0.05) is 17.7 Å². The average molecular weight is 543 g/mol. The van der Waals surface area contributed by atoms with E-state index in [1.807, 2.05) is 0 Å². The molecule has 1 aliphatic rings. The molecule has 3 aromatic rings. The molecule has 38 heavy (non-hydrogen) atoms. The minimum Gasteiger partial charge on any atom is -0.429 e. The Hall–Kier alpha value is -3.10. The van der Waals surface area contributed by atoms with Gasteiger partial charge in [0.25, 0.3) is 0 Å². The molecule has 1 saturated carbocycles. The summed E-state index contributed by atoms with van der Waals surface area (Å²) in [6.45, 7) is 3.30. The van der Waals surface area contributed by atoms with Crippen molar-refractivity contribution in [3.8, 4) is 16.9 Å². The van der Waals surface area contributed by atoms with Crippen molar-refractivity contribution in [3.63, 3.8) is 0 Å². The van der Waals surface area contributed by atoms with Gasteiger partial charge in [0.05, 0.1) is 5.56 Å². The van der Waals surface area contributed by atoms with Crippen LogP contribution in [-0.2, 0) is 12.5 Å². The molecule has 0 saturated heterocycles. The Morgan fingerprint density at radius 1 is 0.737 bits per heavy atom. The van der Waals surface area contributed by atoms with Crippen LogP contribution >= 0.6 is 0 Å². The highest BCUT2D eigenvalue weighted by Gasteiger charge is 2.41. The molecule has 1 fully saturated rings. The van der Waals surface area contributed by atoms with Crippen molar-refractivity contribution in [2.75, 3.05) is 0 Å². The van der Waals surface area contributed by atoms with Gasteiger partial charge < -0.3 is 4.74 Å². The highest BCUT2D eigenvalue weighted by Crippen LogP contribution is 2.39. The van der Waals surface area contributed by atoms with Crippen molar-refractivity contribution in [3.05, 3.63) is 88.0 Å². The maximum Gasteiger partial charge on any atom is 0.432 e. The van der Waals surface area contributed by atoms with Crippen LogP contribution in [0.25, 0.3) is 11.1 Å². The number of ether oxygens (including phenoxy) is 1. The fraction of sp³-hybridized carbons (Fsp3) is 0.379. The molecule has 1 aliphatic carbocycles. The summed E-state index contributed by atoms with van der Waals surface area (Å²) in [6.07, 6.45) is 0.559. The van der Waals surface area contributed by atoms with Gasteiger partial charge >= 0.3 is 6.11 Å². The lowest BCUT2D eigenvalue weighted by atomic mass is 9.80. The van der Waals surface area contributed by atoms with Gasteiger partial charge in [-0.2, -0.15) is 8.78 Å². The quantitative estimate of drug-likeness (QED) is 0.270. The molecule has 0 N–H and O–H groups in total. The molecule has 4 rings (SSSR count). The SMILES string of the molecule is Cc1c(F)cc(-c2c(F)cc(OC(F)(F)c3c(F)cc(CCC4CCC(C)CC4)cc3F)cc2F)cc1F. The number of aryl methyl sites for hydroxylation is 1. The Morgan fingerprint density at radius 2 is 1.26 bits per heavy atom. The van der Waals surface area contributed by atoms with Gasteiger partial charge in [-0.25, -0.2) is 26.3 Å². The summed E-state index contributed by atoms with van der Waals surface area (Å²) in [6, 6.07) is 3.69. The first kappa shape index (κ1) is 27.9. The molecule has 0 bridgehead atoms. The lowest BCUT2D eigenvalue weighted by molar-refractivity contribution is -0.189. The number of halogens is 8. The highest BCUT2D eigenvalue weighted by atomic mass is 19.3. The Balaban J connectivity index is 1.54. The predicted molar refractivity (Wildman–Crippen MR) is 127 cm³/mol. The van der Waals surface area contributed by atoms with Crippen LogP contribution in [0.2, 0.25) is 0 Å². The van der Waals surface area contributed by atoms with Crippen LogP contribution in [0, 0.1) is 53.7 Å². The third kappa shape index (κ3) is 5.97. The van der Waals surface area contributed by atoms with E-state index in [0.717, 1.165) is 44.7 Å². The number of hydrogen-bond donors (Lipinski definition) is 0. The third-order valence-electron chi connectivity index (χ3n) is 7.20. The van der Waals surface area contributed by atoms with E-state index in [9.17, 15) is 35.1 Å². The molecule has 0 aromatic heterocycles. The summed E-state index contributed by atoms with van der Waals surface area (Å²) in [7, 11) is 0. The van der Waals surface area contributed by atoms with Gasteiger partial charge in [0.1, 0.15) is 46.2 Å². The van der Waals surface area contributed by atoms with E-state index in [1.165, 1.54) is 0 Å². The molecular weight excluding hydrogens is 516 g/mol. The average Bonchev–Trinajstić information content (AvgIpc) is 2.80. The number of alkyl halides is 2. The van der Waals surface area contributed by atoms with Crippen LogP contribution in [0.4, 0.5) is 35.1 Å². The van der Waals surface area contributed by atoms with Gasteiger partial charge in [-0.3, -0.25) is 0 Å². The van der Waals surface area contributed by atoms with Crippen LogP contribution < -0.4 is 4.74 Å². The van der Waals surface area contributed by atoms with Gasteiger partial charge in [-0.1, -0.05) is 32.6 Å². The van der Waals surface area contributed by atoms with E-state index in [0.29, 0.717) is 48.9 Å². The first-order chi connectivity index (χ1) is 17.9. The number of hydrogen-bond acceptors (Lipinski definition) is 1. The molecule has 0 spiro atoms. The fourth-order valence-corrected chi connectivity index (χ4v) is 4.91. The molecule has 0 heterocycles. The van der Waals surface area contributed by atoms with Crippen molar-refractivity contribution in [1.82, 2.24) is 0 Å². The summed E-state index contributed by atoms with van der Waals surface area (Å²) in [4.78, 5) is 0. The second kappa shape index (κ2) is 10.9. The Morgan fingerprint density at radius 3 is 1.79 bits per heavy atom. The summed E-state index contributed by atoms with van der Waals surface area (Å²) < 4.78 is 120. The second-order valence-electron chi connectivity index (χ2n) is 10.0. The summed E-state index contributed by atoms with van der Waals surface area (Å²) in [5, 5.41) is 0. The van der Waals surface area contributed by atoms with Crippen molar-refractivity contribution < 1.29 is 39.9 Å². The van der Waals surface area contributed by atoms with Crippen LogP contribution in [0.3, 0.4) is 0 Å². The van der Waals surface area contributed by atoms with Crippen LogP contribution in [0.15, 0.2) is 36.4 Å². The first-order valence-electron chi connectivity index (χ1n) is 12.4. The monoisotopic (exact) mass is 542 g/mol. The molecule has 1 nitrogen and oxygen atoms in total. The Kier molecular flexibility index (Phi) is 8.04. The molecule has 0 aliphatic heterocycles. The van der Waals surface area contributed by atoms with E-state index in [-0.39, 0.29) is 11.1 Å². The molecule has 0 atom stereocenters. The lowest BCUT2D eigenvalue weighted by Crippen LogP contribution is -2.25. The minimum absolute atomic E-state index is 0.220. The maximum atomic E-state index is 14.8. The molecule has 9 heteroatoms. The van der Waals surface area contributed by atoms with E-state index in [2.05, 4.69) is 11.7 Å². The summed E-state index contributed by atoms with van der Waals surface area (Å²) >= 11 is 0. The lowest BCUT2D eigenvalue weighted by Gasteiger charge is -2.26. The largest absolute Gasteiger partial charge is 0.432 e. The zero-order valence-electron chi connectivity index (χ0n) is 20.8. The van der Waals surface area contributed by atoms with Crippen molar-refractivity contribution in [2.45, 2.75) is 58.5 Å². The highest BCUT2D eigenvalue weighted by molar-refractivity contribution is 5.66. The maximum absolute atomic E-state index is 14.8. The molecule has 0 unspecified atom stereocenters. The van der Waals surface area contributed by atoms with Gasteiger partial charge in [-0.05, 0) is 67.0 Å². The van der Waals surface area contributed by atoms with Crippen molar-refractivity contribution in [2.24, 2.45) is 11.8 Å². The first-order valence-corrected chi connectivity index (χ1v) is 12.4.